The second kappa shape index (κ2) is 10.5. The topological polar surface area (TPSA) is 141 Å². The predicted octanol–water partition coefficient (Wildman–Crippen LogP) is 3.92. The van der Waals surface area contributed by atoms with Gasteiger partial charge in [-0.1, -0.05) is 53.6 Å². The molecular weight excluding hydrogens is 458 g/mol. The zero-order chi connectivity index (χ0) is 23.9. The van der Waals surface area contributed by atoms with Crippen LogP contribution in [-0.4, -0.2) is 26.3 Å². The summed E-state index contributed by atoms with van der Waals surface area (Å²) in [4.78, 5) is 10.1. The van der Waals surface area contributed by atoms with E-state index < -0.39 is 31.4 Å². The Morgan fingerprint density at radius 1 is 0.781 bits per heavy atom. The maximum Gasteiger partial charge on any atom is 0.356 e. The maximum absolute atomic E-state index is 12.1. The summed E-state index contributed by atoms with van der Waals surface area (Å²) in [6.45, 7) is 3.65. The summed E-state index contributed by atoms with van der Waals surface area (Å²) in [5.74, 6) is 0. The minimum absolute atomic E-state index is 0.0666. The highest BCUT2D eigenvalue weighted by Gasteiger charge is 2.31. The molecule has 170 valence electrons. The summed E-state index contributed by atoms with van der Waals surface area (Å²) >= 11 is 0. The first-order valence-electron chi connectivity index (χ1n) is 9.13. The monoisotopic (exact) mass is 479 g/mol. The van der Waals surface area contributed by atoms with Crippen molar-refractivity contribution in [3.8, 4) is 0 Å². The van der Waals surface area contributed by atoms with E-state index in [4.69, 9.17) is 8.74 Å². The Labute approximate surface area is 186 Å². The lowest BCUT2D eigenvalue weighted by molar-refractivity contribution is -0.570. The molecule has 11 heteroatoms. The van der Waals surface area contributed by atoms with Crippen molar-refractivity contribution in [1.29, 1.82) is 0 Å². The molecule has 0 heterocycles. The molecule has 0 aliphatic carbocycles. The van der Waals surface area contributed by atoms with E-state index >= 15 is 0 Å². The molecule has 9 nitrogen and oxygen atoms in total. The average molecular weight is 480 g/mol. The Morgan fingerprint density at radius 2 is 1.22 bits per heavy atom. The lowest BCUT2D eigenvalue weighted by atomic mass is 10.2. The molecule has 0 aliphatic heterocycles. The van der Waals surface area contributed by atoms with E-state index in [0.717, 1.165) is 11.1 Å². The molecule has 0 aromatic heterocycles. The molecule has 3 aromatic rings. The van der Waals surface area contributed by atoms with Crippen LogP contribution in [0.4, 0.5) is 0 Å². The van der Waals surface area contributed by atoms with Gasteiger partial charge < -0.3 is 0 Å². The first kappa shape index (κ1) is 25.1. The van der Waals surface area contributed by atoms with Crippen molar-refractivity contribution in [2.24, 2.45) is 0 Å². The molecule has 0 fully saturated rings. The fourth-order valence-electron chi connectivity index (χ4n) is 2.42. The smallest absolute Gasteiger partial charge is 0.282 e. The second-order valence-corrected chi connectivity index (χ2v) is 9.69. The highest BCUT2D eigenvalue weighted by Crippen LogP contribution is 2.24. The van der Waals surface area contributed by atoms with Crippen LogP contribution in [0.2, 0.25) is 0 Å². The van der Waals surface area contributed by atoms with Crippen LogP contribution in [0, 0.1) is 24.0 Å². The number of hydrogen-bond donors (Lipinski definition) is 1. The molecule has 0 saturated heterocycles. The molecule has 0 saturated carbocycles. The minimum atomic E-state index is -4.21. The van der Waals surface area contributed by atoms with E-state index in [-0.39, 0.29) is 15.4 Å². The van der Waals surface area contributed by atoms with Crippen molar-refractivity contribution >= 4 is 20.2 Å². The summed E-state index contributed by atoms with van der Waals surface area (Å²) in [6, 6.07) is 19.6. The molecule has 3 aromatic carbocycles. The van der Waals surface area contributed by atoms with Crippen molar-refractivity contribution in [3.05, 3.63) is 106 Å². The maximum atomic E-state index is 12.1. The number of nitro groups is 1. The Bertz CT molecular complexity index is 1260. The van der Waals surface area contributed by atoms with Crippen LogP contribution in [0.1, 0.15) is 22.9 Å². The fourth-order valence-corrected chi connectivity index (χ4v) is 3.90. The number of hydrogen-bond acceptors (Lipinski definition) is 7. The van der Waals surface area contributed by atoms with E-state index in [1.54, 1.807) is 49.4 Å². The molecule has 0 spiro atoms. The number of nitrogens with zero attached hydrogens (tertiary/aromatic N) is 1. The summed E-state index contributed by atoms with van der Waals surface area (Å²) < 4.78 is 58.5. The van der Waals surface area contributed by atoms with Crippen LogP contribution in [0.15, 0.2) is 88.7 Å². The number of aryl methyl sites for hydroxylation is 2. The summed E-state index contributed by atoms with van der Waals surface area (Å²) in [5, 5.41) is 11.1. The fraction of sp³-hybridized carbons (Fsp3) is 0.143. The van der Waals surface area contributed by atoms with Crippen LogP contribution in [0.5, 0.6) is 0 Å². The SMILES string of the molecule is Cc1ccc(S(=O)(=O)O)cc1.Cc1ccc(S(=O)(=O)OC(c2ccccc2)[N+](=O)[O-])cc1. The standard InChI is InChI=1S/C14H13NO5S.C7H8O3S/c1-11-7-9-13(10-8-11)21(18,19)20-14(15(16)17)12-5-3-2-4-6-12;1-6-2-4-7(5-3-6)11(8,9)10/h2-10,14H,1H3;2-5H,1H3,(H,8,9,10). The summed E-state index contributed by atoms with van der Waals surface area (Å²) in [6.07, 6.45) is -1.77. The molecule has 1 unspecified atom stereocenters. The zero-order valence-corrected chi connectivity index (χ0v) is 18.8. The third kappa shape index (κ3) is 7.24. The van der Waals surface area contributed by atoms with Crippen LogP contribution >= 0.6 is 0 Å². The Morgan fingerprint density at radius 3 is 1.62 bits per heavy atom. The molecule has 0 aliphatic rings. The Hall–Kier alpha value is -3.12. The lowest BCUT2D eigenvalue weighted by Gasteiger charge is -2.11. The third-order valence-electron chi connectivity index (χ3n) is 4.12. The van der Waals surface area contributed by atoms with Gasteiger partial charge in [0.05, 0.1) is 20.3 Å². The van der Waals surface area contributed by atoms with Gasteiger partial charge >= 0.3 is 16.3 Å². The van der Waals surface area contributed by atoms with Gasteiger partial charge in [0.2, 0.25) is 0 Å². The molecule has 1 N–H and O–H groups in total. The van der Waals surface area contributed by atoms with Gasteiger partial charge in [0, 0.05) is 0 Å². The quantitative estimate of drug-likeness (QED) is 0.184. The largest absolute Gasteiger partial charge is 0.356 e. The van der Waals surface area contributed by atoms with Crippen LogP contribution in [0.25, 0.3) is 0 Å². The van der Waals surface area contributed by atoms with E-state index in [1.165, 1.54) is 36.4 Å². The summed E-state index contributed by atoms with van der Waals surface area (Å²) in [7, 11) is -8.23. The van der Waals surface area contributed by atoms with E-state index in [9.17, 15) is 26.9 Å². The van der Waals surface area contributed by atoms with E-state index in [1.807, 2.05) is 6.92 Å². The Balaban J connectivity index is 0.000000278. The highest BCUT2D eigenvalue weighted by atomic mass is 32.2. The molecule has 3 rings (SSSR count). The number of rotatable bonds is 6. The first-order valence-corrected chi connectivity index (χ1v) is 12.0. The molecule has 0 radical (unpaired) electrons. The zero-order valence-electron chi connectivity index (χ0n) is 17.2. The molecular formula is C21H21NO8S2. The van der Waals surface area contributed by atoms with Crippen molar-refractivity contribution < 1.29 is 30.5 Å². The lowest BCUT2D eigenvalue weighted by Crippen LogP contribution is -2.19. The van der Waals surface area contributed by atoms with Crippen LogP contribution < -0.4 is 0 Å². The van der Waals surface area contributed by atoms with Crippen molar-refractivity contribution in [2.75, 3.05) is 0 Å². The third-order valence-corrected chi connectivity index (χ3v) is 6.28. The van der Waals surface area contributed by atoms with Gasteiger partial charge in [-0.2, -0.15) is 21.0 Å². The highest BCUT2D eigenvalue weighted by molar-refractivity contribution is 7.86. The van der Waals surface area contributed by atoms with Crippen molar-refractivity contribution in [2.45, 2.75) is 29.9 Å². The molecule has 32 heavy (non-hydrogen) atoms. The molecule has 0 bridgehead atoms. The van der Waals surface area contributed by atoms with Gasteiger partial charge in [-0.05, 0) is 50.2 Å². The van der Waals surface area contributed by atoms with Gasteiger partial charge in [0.1, 0.15) is 0 Å². The normalized spacial score (nSPS) is 12.3. The summed E-state index contributed by atoms with van der Waals surface area (Å²) in [5.41, 5.74) is 2.00. The van der Waals surface area contributed by atoms with Gasteiger partial charge in [0.25, 0.3) is 10.1 Å². The van der Waals surface area contributed by atoms with E-state index in [2.05, 4.69) is 0 Å². The van der Waals surface area contributed by atoms with Crippen LogP contribution in [0.3, 0.4) is 0 Å². The first-order chi connectivity index (χ1) is 14.9. The van der Waals surface area contributed by atoms with Crippen molar-refractivity contribution in [3.63, 3.8) is 0 Å². The Kier molecular flexibility index (Phi) is 8.22. The van der Waals surface area contributed by atoms with Crippen LogP contribution in [-0.2, 0) is 24.4 Å². The van der Waals surface area contributed by atoms with E-state index in [0.29, 0.717) is 0 Å². The van der Waals surface area contributed by atoms with Gasteiger partial charge in [-0.3, -0.25) is 14.7 Å². The minimum Gasteiger partial charge on any atom is -0.282 e. The molecule has 0 amide bonds. The second-order valence-electron chi connectivity index (χ2n) is 6.70. The van der Waals surface area contributed by atoms with Gasteiger partial charge in [-0.25, -0.2) is 0 Å². The van der Waals surface area contributed by atoms with Crippen molar-refractivity contribution in [1.82, 2.24) is 0 Å². The van der Waals surface area contributed by atoms with Gasteiger partial charge in [-0.15, -0.1) is 0 Å². The van der Waals surface area contributed by atoms with Gasteiger partial charge in [0.15, 0.2) is 0 Å². The average Bonchev–Trinajstić information content (AvgIpc) is 2.73. The molecule has 1 atom stereocenters. The number of benzene rings is 3. The predicted molar refractivity (Wildman–Crippen MR) is 117 cm³/mol.